The molecule has 0 aliphatic heterocycles. The molecule has 7 aromatic carbocycles. The minimum absolute atomic E-state index is 0. The Kier molecular flexibility index (Phi) is 13.8. The van der Waals surface area contributed by atoms with Crippen LogP contribution in [0.4, 0.5) is 0 Å². The monoisotopic (exact) mass is 1030 g/mol. The Balaban J connectivity index is 0.000000363. The topological polar surface area (TPSA) is 38.7 Å². The van der Waals surface area contributed by atoms with Crippen molar-refractivity contribution in [2.75, 3.05) is 0 Å². The van der Waals surface area contributed by atoms with E-state index < -0.39 is 0 Å². The molecule has 0 amide bonds. The first-order chi connectivity index (χ1) is 31.6. The maximum atomic E-state index is 5.25. The van der Waals surface area contributed by atoms with Crippen LogP contribution in [-0.2, 0) is 25.5 Å². The van der Waals surface area contributed by atoms with Crippen molar-refractivity contribution in [2.45, 2.75) is 47.0 Å². The van der Waals surface area contributed by atoms with Crippen molar-refractivity contribution in [3.8, 4) is 78.1 Å². The van der Waals surface area contributed by atoms with Gasteiger partial charge in [-0.05, 0) is 124 Å². The standard InChI is InChI=1S/C50H41N2.C12H10N.Ir/c1-33-19-20-44(34(2)25-33)40-27-39(35-13-8-6-9-14-35)28-41(29-40)46-22-21-45(47-30-42(32-52-49(46)47)36-15-10-7-11-16-36)37-17-12-18-38(26-37)48-31-43(23-24-51-48)50(3,4)5;1-10-7-8-13-12(9-10)11-5-3-2-4-6-11;/h6-17,19-32H,1-5H3;2-5,7-9H,1H3;/q2*-1;. The van der Waals surface area contributed by atoms with Gasteiger partial charge < -0.3 is 9.97 Å². The van der Waals surface area contributed by atoms with Crippen molar-refractivity contribution in [3.05, 3.63) is 235 Å². The number of aromatic nitrogens is 3. The van der Waals surface area contributed by atoms with Gasteiger partial charge in [0.05, 0.1) is 5.52 Å². The average molecular weight is 1030 g/mol. The summed E-state index contributed by atoms with van der Waals surface area (Å²) < 4.78 is 0. The second kappa shape index (κ2) is 20.0. The van der Waals surface area contributed by atoms with Gasteiger partial charge in [-0.1, -0.05) is 135 Å². The number of pyridine rings is 3. The zero-order chi connectivity index (χ0) is 44.9. The molecule has 0 saturated heterocycles. The second-order valence-electron chi connectivity index (χ2n) is 17.8. The minimum atomic E-state index is 0. The fourth-order valence-corrected chi connectivity index (χ4v) is 8.43. The molecule has 4 heteroatoms. The van der Waals surface area contributed by atoms with Gasteiger partial charge in [-0.3, -0.25) is 4.98 Å². The summed E-state index contributed by atoms with van der Waals surface area (Å²) in [6, 6.07) is 70.9. The van der Waals surface area contributed by atoms with Crippen LogP contribution < -0.4 is 0 Å². The van der Waals surface area contributed by atoms with E-state index in [0.717, 1.165) is 66.8 Å². The molecule has 0 aliphatic carbocycles. The molecule has 0 aliphatic rings. The summed E-state index contributed by atoms with van der Waals surface area (Å²) in [6.45, 7) is 13.1. The van der Waals surface area contributed by atoms with Crippen molar-refractivity contribution >= 4 is 10.9 Å². The van der Waals surface area contributed by atoms with E-state index in [1.165, 1.54) is 44.5 Å². The average Bonchev–Trinajstić information content (AvgIpc) is 3.34. The van der Waals surface area contributed by atoms with E-state index in [4.69, 9.17) is 9.97 Å². The van der Waals surface area contributed by atoms with Crippen LogP contribution in [0.2, 0.25) is 0 Å². The fourth-order valence-electron chi connectivity index (χ4n) is 8.43. The van der Waals surface area contributed by atoms with Crippen molar-refractivity contribution in [1.29, 1.82) is 0 Å². The van der Waals surface area contributed by atoms with Gasteiger partial charge in [0.2, 0.25) is 0 Å². The largest absolute Gasteiger partial charge is 0.305 e. The predicted molar refractivity (Wildman–Crippen MR) is 272 cm³/mol. The van der Waals surface area contributed by atoms with Crippen LogP contribution >= 0.6 is 0 Å². The molecule has 3 aromatic heterocycles. The van der Waals surface area contributed by atoms with Gasteiger partial charge in [-0.2, -0.15) is 0 Å². The predicted octanol–water partition coefficient (Wildman–Crippen LogP) is 16.2. The zero-order valence-corrected chi connectivity index (χ0v) is 40.6. The quantitative estimate of drug-likeness (QED) is 0.149. The first kappa shape index (κ1) is 45.5. The Bertz CT molecular complexity index is 3260. The molecule has 325 valence electrons. The summed E-state index contributed by atoms with van der Waals surface area (Å²) in [7, 11) is 0. The van der Waals surface area contributed by atoms with Gasteiger partial charge in [0.1, 0.15) is 0 Å². The first-order valence-corrected chi connectivity index (χ1v) is 22.2. The van der Waals surface area contributed by atoms with Gasteiger partial charge in [-0.25, -0.2) is 0 Å². The van der Waals surface area contributed by atoms with Gasteiger partial charge in [0.25, 0.3) is 0 Å². The van der Waals surface area contributed by atoms with Gasteiger partial charge in [-0.15, -0.1) is 71.3 Å². The number of fused-ring (bicyclic) bond motifs is 1. The zero-order valence-electron chi connectivity index (χ0n) is 38.2. The molecule has 10 aromatic rings. The van der Waals surface area contributed by atoms with Crippen LogP contribution in [0, 0.1) is 32.9 Å². The van der Waals surface area contributed by atoms with Gasteiger partial charge >= 0.3 is 0 Å². The van der Waals surface area contributed by atoms with Crippen molar-refractivity contribution in [3.63, 3.8) is 0 Å². The molecule has 0 bridgehead atoms. The van der Waals surface area contributed by atoms with E-state index in [1.807, 2.05) is 55.0 Å². The number of hydrogen-bond acceptors (Lipinski definition) is 3. The molecule has 0 atom stereocenters. The number of rotatable bonds is 7. The molecule has 66 heavy (non-hydrogen) atoms. The maximum Gasteiger partial charge on any atom is 0.0786 e. The molecule has 0 N–H and O–H groups in total. The van der Waals surface area contributed by atoms with E-state index in [9.17, 15) is 0 Å². The van der Waals surface area contributed by atoms with E-state index >= 15 is 0 Å². The Labute approximate surface area is 403 Å². The van der Waals surface area contributed by atoms with Gasteiger partial charge in [0.15, 0.2) is 0 Å². The van der Waals surface area contributed by atoms with Gasteiger partial charge in [0, 0.05) is 55.2 Å². The van der Waals surface area contributed by atoms with Crippen LogP contribution in [0.5, 0.6) is 0 Å². The molecular weight excluding hydrogens is 979 g/mol. The Morgan fingerprint density at radius 2 is 1.02 bits per heavy atom. The van der Waals surface area contributed by atoms with Crippen molar-refractivity contribution in [1.82, 2.24) is 15.0 Å². The second-order valence-corrected chi connectivity index (χ2v) is 17.8. The molecule has 0 saturated carbocycles. The fraction of sp³-hybridized carbons (Fsp3) is 0.113. The Hall–Kier alpha value is -7.10. The summed E-state index contributed by atoms with van der Waals surface area (Å²) in [4.78, 5) is 14.3. The van der Waals surface area contributed by atoms with Crippen LogP contribution in [0.25, 0.3) is 89.1 Å². The van der Waals surface area contributed by atoms with E-state index in [-0.39, 0.29) is 25.5 Å². The number of benzene rings is 7. The molecule has 0 fully saturated rings. The molecular formula is C62H51IrN3-2. The summed E-state index contributed by atoms with van der Waals surface area (Å²) in [5.41, 5.74) is 21.4. The summed E-state index contributed by atoms with van der Waals surface area (Å²) in [5, 5.41) is 1.10. The van der Waals surface area contributed by atoms with Crippen LogP contribution in [0.15, 0.2) is 201 Å². The van der Waals surface area contributed by atoms with Crippen molar-refractivity contribution in [2.24, 2.45) is 0 Å². The first-order valence-electron chi connectivity index (χ1n) is 22.2. The number of hydrogen-bond donors (Lipinski definition) is 0. The molecule has 10 rings (SSSR count). The Morgan fingerprint density at radius 3 is 1.70 bits per heavy atom. The molecule has 1 radical (unpaired) electrons. The maximum absolute atomic E-state index is 5.25. The smallest absolute Gasteiger partial charge is 0.0786 e. The van der Waals surface area contributed by atoms with Crippen LogP contribution in [0.1, 0.15) is 43.0 Å². The van der Waals surface area contributed by atoms with E-state index in [2.05, 4.69) is 204 Å². The normalized spacial score (nSPS) is 11.1. The minimum Gasteiger partial charge on any atom is -0.305 e. The Morgan fingerprint density at radius 1 is 0.409 bits per heavy atom. The summed E-state index contributed by atoms with van der Waals surface area (Å²) in [6.07, 6.45) is 5.75. The third kappa shape index (κ3) is 10.2. The third-order valence-corrected chi connectivity index (χ3v) is 11.9. The van der Waals surface area contributed by atoms with Crippen molar-refractivity contribution < 1.29 is 20.1 Å². The van der Waals surface area contributed by atoms with E-state index in [1.54, 1.807) is 0 Å². The summed E-state index contributed by atoms with van der Waals surface area (Å²) >= 11 is 0. The summed E-state index contributed by atoms with van der Waals surface area (Å²) in [5.74, 6) is 0. The third-order valence-electron chi connectivity index (χ3n) is 11.9. The molecule has 3 nitrogen and oxygen atoms in total. The van der Waals surface area contributed by atoms with E-state index in [0.29, 0.717) is 0 Å². The SMILES string of the molecule is Cc1ccc(-c2cc(-c3ccccc3)cc(-c3ccc(-c4cc[c-]c(-c5cc(C(C)(C)C)ccn5)c4)c4cc(-c5ccccc5)cnc34)c2)c(C)c1.Cc1ccnc(-c2[c-]cccc2)c1.[Ir]. The number of nitrogens with zero attached hydrogens (tertiary/aromatic N) is 3. The molecule has 3 heterocycles. The number of aryl methyl sites for hydroxylation is 3. The molecule has 0 spiro atoms. The van der Waals surface area contributed by atoms with Crippen LogP contribution in [0.3, 0.4) is 0 Å². The molecule has 0 unspecified atom stereocenters. The van der Waals surface area contributed by atoms with Crippen LogP contribution in [-0.4, -0.2) is 15.0 Å².